The predicted octanol–water partition coefficient (Wildman–Crippen LogP) is 9.12. The second-order valence-corrected chi connectivity index (χ2v) is 10.9. The molecule has 0 atom stereocenters. The van der Waals surface area contributed by atoms with Crippen molar-refractivity contribution < 1.29 is 9.47 Å². The number of fused-ring (bicyclic) bond motifs is 3. The molecule has 0 aromatic heterocycles. The predicted molar refractivity (Wildman–Crippen MR) is 156 cm³/mol. The molecule has 0 aliphatic heterocycles. The van der Waals surface area contributed by atoms with Crippen LogP contribution in [-0.4, -0.2) is 13.2 Å². The van der Waals surface area contributed by atoms with Gasteiger partial charge in [-0.15, -0.1) is 0 Å². The lowest BCUT2D eigenvalue weighted by Gasteiger charge is -2.34. The van der Waals surface area contributed by atoms with E-state index in [4.69, 9.17) is 9.47 Å². The highest BCUT2D eigenvalue weighted by Gasteiger charge is 2.46. The first-order chi connectivity index (χ1) is 17.7. The van der Waals surface area contributed by atoms with Crippen LogP contribution in [-0.2, 0) is 5.41 Å². The summed E-state index contributed by atoms with van der Waals surface area (Å²) >= 11 is 0. The van der Waals surface area contributed by atoms with Crippen molar-refractivity contribution in [1.29, 1.82) is 0 Å². The van der Waals surface area contributed by atoms with Gasteiger partial charge in [-0.25, -0.2) is 0 Å². The Morgan fingerprint density at radius 2 is 1.03 bits per heavy atom. The van der Waals surface area contributed by atoms with Gasteiger partial charge in [-0.3, -0.25) is 0 Å². The quantitative estimate of drug-likeness (QED) is 0.243. The van der Waals surface area contributed by atoms with E-state index in [0.717, 1.165) is 28.5 Å². The van der Waals surface area contributed by atoms with Crippen molar-refractivity contribution in [2.45, 2.75) is 60.0 Å². The molecule has 0 saturated heterocycles. The molecule has 1 aliphatic carbocycles. The average molecular weight is 493 g/mol. The second-order valence-electron chi connectivity index (χ2n) is 10.9. The van der Waals surface area contributed by atoms with Crippen LogP contribution in [0.25, 0.3) is 11.1 Å². The molecule has 2 nitrogen and oxygen atoms in total. The summed E-state index contributed by atoms with van der Waals surface area (Å²) < 4.78 is 11.7. The van der Waals surface area contributed by atoms with Crippen LogP contribution >= 0.6 is 0 Å². The van der Waals surface area contributed by atoms with E-state index in [1.165, 1.54) is 33.4 Å². The van der Waals surface area contributed by atoms with Gasteiger partial charge in [0.25, 0.3) is 0 Å². The summed E-state index contributed by atoms with van der Waals surface area (Å²) in [5.74, 6) is 2.68. The summed E-state index contributed by atoms with van der Waals surface area (Å²) in [6.45, 7) is 14.9. The fraction of sp³-hybridized carbons (Fsp3) is 0.314. The van der Waals surface area contributed by atoms with Crippen LogP contribution in [0.5, 0.6) is 11.5 Å². The second kappa shape index (κ2) is 10.8. The Kier molecular flexibility index (Phi) is 7.78. The third-order valence-corrected chi connectivity index (χ3v) is 6.75. The number of aryl methyl sites for hydroxylation is 2. The van der Waals surface area contributed by atoms with Gasteiger partial charge < -0.3 is 9.47 Å². The van der Waals surface area contributed by atoms with Gasteiger partial charge in [-0.1, -0.05) is 93.6 Å². The molecule has 1 aliphatic rings. The van der Waals surface area contributed by atoms with E-state index < -0.39 is 5.41 Å². The van der Waals surface area contributed by atoms with Crippen molar-refractivity contribution in [1.82, 2.24) is 0 Å². The highest BCUT2D eigenvalue weighted by atomic mass is 16.5. The Balaban J connectivity index is 0.000000747. The van der Waals surface area contributed by atoms with Crippen LogP contribution in [0.4, 0.5) is 0 Å². The third kappa shape index (κ3) is 4.90. The fourth-order valence-electron chi connectivity index (χ4n) is 5.40. The summed E-state index contributed by atoms with van der Waals surface area (Å²) in [7, 11) is 1.73. The van der Waals surface area contributed by atoms with Crippen LogP contribution in [0.1, 0.15) is 68.0 Å². The van der Waals surface area contributed by atoms with Crippen molar-refractivity contribution in [3.8, 4) is 22.6 Å². The van der Waals surface area contributed by atoms with E-state index in [2.05, 4.69) is 133 Å². The number of hydrogen-bond acceptors (Lipinski definition) is 2. The summed E-state index contributed by atoms with van der Waals surface area (Å²) in [5, 5.41) is 0. The van der Waals surface area contributed by atoms with E-state index in [1.807, 2.05) is 0 Å². The number of benzene rings is 4. The SMILES string of the molecule is CC(C)C.COc1ccc(C2(c3ccc(OC(C)C)c(C)c3)c3ccccc3-c3ccccc32)cc1C. The molecule has 4 aromatic rings. The average Bonchev–Trinajstić information content (AvgIpc) is 3.16. The van der Waals surface area contributed by atoms with E-state index in [9.17, 15) is 0 Å². The molecular formula is C35H40O2. The number of ether oxygens (including phenoxy) is 2. The van der Waals surface area contributed by atoms with E-state index in [-0.39, 0.29) is 6.10 Å². The molecule has 0 unspecified atom stereocenters. The molecule has 0 saturated carbocycles. The van der Waals surface area contributed by atoms with Gasteiger partial charge >= 0.3 is 0 Å². The Bertz CT molecular complexity index is 1330. The Labute approximate surface area is 223 Å². The van der Waals surface area contributed by atoms with Crippen molar-refractivity contribution in [2.75, 3.05) is 7.11 Å². The molecule has 0 radical (unpaired) electrons. The first-order valence-corrected chi connectivity index (χ1v) is 13.3. The molecule has 0 N–H and O–H groups in total. The molecule has 192 valence electrons. The third-order valence-electron chi connectivity index (χ3n) is 6.75. The molecule has 2 heteroatoms. The lowest BCUT2D eigenvalue weighted by atomic mass is 9.67. The zero-order valence-corrected chi connectivity index (χ0v) is 23.6. The number of methoxy groups -OCH3 is 1. The maximum absolute atomic E-state index is 6.07. The largest absolute Gasteiger partial charge is 0.496 e. The molecule has 4 aromatic carbocycles. The zero-order valence-electron chi connectivity index (χ0n) is 23.6. The van der Waals surface area contributed by atoms with Crippen LogP contribution in [0, 0.1) is 19.8 Å². The lowest BCUT2D eigenvalue weighted by molar-refractivity contribution is 0.240. The summed E-state index contributed by atoms with van der Waals surface area (Å²) in [4.78, 5) is 0. The van der Waals surface area contributed by atoms with E-state index >= 15 is 0 Å². The molecule has 37 heavy (non-hydrogen) atoms. The zero-order chi connectivity index (χ0) is 26.7. The van der Waals surface area contributed by atoms with Crippen LogP contribution in [0.2, 0.25) is 0 Å². The summed E-state index contributed by atoms with van der Waals surface area (Å²) in [6, 6.07) is 30.9. The summed E-state index contributed by atoms with van der Waals surface area (Å²) in [6.07, 6.45) is 0.140. The number of rotatable bonds is 5. The van der Waals surface area contributed by atoms with E-state index in [1.54, 1.807) is 7.11 Å². The highest BCUT2D eigenvalue weighted by Crippen LogP contribution is 2.56. The molecular weight excluding hydrogens is 452 g/mol. The van der Waals surface area contributed by atoms with Gasteiger partial charge in [-0.05, 0) is 90.3 Å². The van der Waals surface area contributed by atoms with Crippen LogP contribution in [0.15, 0.2) is 84.9 Å². The fourth-order valence-corrected chi connectivity index (χ4v) is 5.40. The Morgan fingerprint density at radius 3 is 1.43 bits per heavy atom. The van der Waals surface area contributed by atoms with Crippen molar-refractivity contribution in [2.24, 2.45) is 5.92 Å². The van der Waals surface area contributed by atoms with Gasteiger partial charge in [0.1, 0.15) is 11.5 Å². The van der Waals surface area contributed by atoms with Crippen LogP contribution < -0.4 is 9.47 Å². The topological polar surface area (TPSA) is 18.5 Å². The first kappa shape index (κ1) is 26.5. The normalized spacial score (nSPS) is 13.0. The Morgan fingerprint density at radius 1 is 0.595 bits per heavy atom. The standard InChI is InChI=1S/C31H30O2.C4H10/c1-20(2)33-30-17-15-24(19-22(30)4)31(23-14-16-29(32-5)21(3)18-23)27-12-8-6-10-25(27)26-11-7-9-13-28(26)31;1-4(2)3/h6-20H,1-5H3;4H,1-3H3. The van der Waals surface area contributed by atoms with E-state index in [0.29, 0.717) is 0 Å². The van der Waals surface area contributed by atoms with Gasteiger partial charge in [0, 0.05) is 0 Å². The first-order valence-electron chi connectivity index (χ1n) is 13.3. The highest BCUT2D eigenvalue weighted by molar-refractivity contribution is 5.86. The molecule has 0 spiro atoms. The monoisotopic (exact) mass is 492 g/mol. The van der Waals surface area contributed by atoms with Gasteiger partial charge in [-0.2, -0.15) is 0 Å². The minimum atomic E-state index is -0.411. The molecule has 0 heterocycles. The minimum Gasteiger partial charge on any atom is -0.496 e. The number of hydrogen-bond donors (Lipinski definition) is 0. The van der Waals surface area contributed by atoms with Crippen molar-refractivity contribution in [3.63, 3.8) is 0 Å². The molecule has 0 bridgehead atoms. The van der Waals surface area contributed by atoms with Crippen LogP contribution in [0.3, 0.4) is 0 Å². The van der Waals surface area contributed by atoms with Gasteiger partial charge in [0.2, 0.25) is 0 Å². The van der Waals surface area contributed by atoms with Gasteiger partial charge in [0.05, 0.1) is 18.6 Å². The maximum atomic E-state index is 6.07. The smallest absolute Gasteiger partial charge is 0.122 e. The molecule has 0 amide bonds. The molecule has 5 rings (SSSR count). The Hall–Kier alpha value is -3.52. The lowest BCUT2D eigenvalue weighted by Crippen LogP contribution is -2.29. The summed E-state index contributed by atoms with van der Waals surface area (Å²) in [5.41, 5.74) is 9.57. The van der Waals surface area contributed by atoms with Gasteiger partial charge in [0.15, 0.2) is 0 Å². The van der Waals surface area contributed by atoms with Crippen molar-refractivity contribution in [3.05, 3.63) is 118 Å². The maximum Gasteiger partial charge on any atom is 0.122 e. The molecule has 0 fully saturated rings. The minimum absolute atomic E-state index is 0.140. The van der Waals surface area contributed by atoms with Crippen molar-refractivity contribution >= 4 is 0 Å².